The summed E-state index contributed by atoms with van der Waals surface area (Å²) in [4.78, 5) is 86.1. The van der Waals surface area contributed by atoms with Crippen LogP contribution in [0.1, 0.15) is 39.5 Å². The molecule has 1 fully saturated rings. The first-order valence-electron chi connectivity index (χ1n) is 15.6. The van der Waals surface area contributed by atoms with Crippen LogP contribution in [0, 0.1) is 39.9 Å². The van der Waals surface area contributed by atoms with Crippen LogP contribution in [0.15, 0.2) is 0 Å². The average molecular weight is 867 g/mol. The van der Waals surface area contributed by atoms with Gasteiger partial charge in [-0.1, -0.05) is 13.8 Å². The van der Waals surface area contributed by atoms with Crippen molar-refractivity contribution >= 4 is 43.5 Å². The molecule has 1 aliphatic rings. The van der Waals surface area contributed by atoms with Gasteiger partial charge < -0.3 is 44.1 Å². The number of ether oxygens (including phenoxy) is 2. The number of aliphatic carboxylic acids is 3. The van der Waals surface area contributed by atoms with Crippen molar-refractivity contribution in [3.8, 4) is 0 Å². The van der Waals surface area contributed by atoms with Crippen LogP contribution < -0.4 is 15.3 Å². The molecule has 1 rings (SSSR count). The Morgan fingerprint density at radius 1 is 0.673 bits per heavy atom. The van der Waals surface area contributed by atoms with E-state index in [9.17, 15) is 53.5 Å². The Balaban J connectivity index is 0.0000230. The summed E-state index contributed by atoms with van der Waals surface area (Å²) in [6, 6.07) is 0. The van der Waals surface area contributed by atoms with Gasteiger partial charge in [0.05, 0.1) is 37.7 Å². The van der Waals surface area contributed by atoms with Crippen LogP contribution in [-0.2, 0) is 51.9 Å². The van der Waals surface area contributed by atoms with Crippen molar-refractivity contribution in [2.24, 2.45) is 0 Å². The maximum atomic E-state index is 12.8. The van der Waals surface area contributed by atoms with Gasteiger partial charge in [-0.2, -0.15) is 0 Å². The van der Waals surface area contributed by atoms with Gasteiger partial charge in [-0.15, -0.1) is 0 Å². The van der Waals surface area contributed by atoms with E-state index in [2.05, 4.69) is 0 Å². The van der Waals surface area contributed by atoms with Crippen LogP contribution in [0.2, 0.25) is 0 Å². The van der Waals surface area contributed by atoms with E-state index in [0.29, 0.717) is 0 Å². The molecular weight excluding hydrogens is 821 g/mol. The van der Waals surface area contributed by atoms with Crippen LogP contribution in [0.5, 0.6) is 0 Å². The molecule has 1 saturated heterocycles. The van der Waals surface area contributed by atoms with Crippen LogP contribution in [-0.4, -0.2) is 165 Å². The van der Waals surface area contributed by atoms with Crippen LogP contribution in [0.25, 0.3) is 0 Å². The van der Waals surface area contributed by atoms with E-state index in [0.717, 1.165) is 0 Å². The van der Waals surface area contributed by atoms with Gasteiger partial charge in [0.2, 0.25) is 0 Å². The number of carbonyl (C=O) groups is 6. The minimum atomic E-state index is -4.63. The second-order valence-electron chi connectivity index (χ2n) is 11.0. The number of carbonyl (C=O) groups excluding carboxylic acids is 6. The zero-order valence-electron chi connectivity index (χ0n) is 27.8. The van der Waals surface area contributed by atoms with E-state index in [4.69, 9.17) is 18.5 Å². The predicted octanol–water partition coefficient (Wildman–Crippen LogP) is -4.78. The van der Waals surface area contributed by atoms with Crippen LogP contribution in [0.4, 0.5) is 0 Å². The van der Waals surface area contributed by atoms with Crippen molar-refractivity contribution in [2.45, 2.75) is 45.6 Å². The maximum absolute atomic E-state index is 12.8. The number of hydrogen-bond acceptors (Lipinski definition) is 18. The number of nitrogens with zero attached hydrogens (tertiary/aromatic N) is 4. The fourth-order valence-electron chi connectivity index (χ4n) is 4.42. The summed E-state index contributed by atoms with van der Waals surface area (Å²) in [5, 5.41) is 33.8. The number of phosphoric ester groups is 1. The molecule has 0 spiro atoms. The Bertz CT molecular complexity index is 1090. The Morgan fingerprint density at radius 3 is 1.47 bits per heavy atom. The van der Waals surface area contributed by atoms with Gasteiger partial charge in [-0.3, -0.25) is 43.0 Å². The van der Waals surface area contributed by atoms with Crippen molar-refractivity contribution in [2.75, 3.05) is 98.4 Å². The van der Waals surface area contributed by atoms with Crippen molar-refractivity contribution in [3.05, 3.63) is 0 Å². The Labute approximate surface area is 317 Å². The molecule has 1 aliphatic heterocycles. The summed E-state index contributed by atoms with van der Waals surface area (Å²) in [6.45, 7) is 1.84. The quantitative estimate of drug-likeness (QED) is 0.0645. The number of Topliss-reactive ketones (excluding diaryl/α,β-unsaturated/α-hetero) is 1. The molecule has 0 bridgehead atoms. The number of hydrogen-bond donors (Lipinski definition) is 1. The molecule has 0 aromatic heterocycles. The fourth-order valence-corrected chi connectivity index (χ4v) is 5.21. The number of rotatable bonds is 21. The monoisotopic (exact) mass is 867 g/mol. The molecule has 0 saturated carbocycles. The molecule has 49 heavy (non-hydrogen) atoms. The molecule has 2 unspecified atom stereocenters. The molecule has 1 heterocycles. The summed E-state index contributed by atoms with van der Waals surface area (Å²) in [7, 11) is -4.63. The summed E-state index contributed by atoms with van der Waals surface area (Å²) < 4.78 is 32.1. The van der Waals surface area contributed by atoms with Gasteiger partial charge in [0.25, 0.3) is 0 Å². The first kappa shape index (κ1) is 47.3. The van der Waals surface area contributed by atoms with Crippen LogP contribution in [0.3, 0.4) is 0 Å². The van der Waals surface area contributed by atoms with E-state index < -0.39 is 70.0 Å². The molecule has 0 aromatic carbocycles. The largest absolute Gasteiger partial charge is 3.00 e. The molecule has 281 valence electrons. The summed E-state index contributed by atoms with van der Waals surface area (Å²) in [5.41, 5.74) is 0. The van der Waals surface area contributed by atoms with Gasteiger partial charge in [-0.05, 0) is 6.42 Å². The van der Waals surface area contributed by atoms with Gasteiger partial charge in [-0.25, -0.2) is 4.57 Å². The zero-order valence-corrected chi connectivity index (χ0v) is 30.9. The summed E-state index contributed by atoms with van der Waals surface area (Å²) >= 11 is 0. The minimum Gasteiger partial charge on any atom is -0.549 e. The molecule has 1 radical (unpaired) electrons. The van der Waals surface area contributed by atoms with Gasteiger partial charge in [0.15, 0.2) is 6.10 Å². The molecule has 21 heteroatoms. The second kappa shape index (κ2) is 26.1. The van der Waals surface area contributed by atoms with Crippen molar-refractivity contribution in [3.63, 3.8) is 0 Å². The SMILES string of the molecule is CCC(=O)OCC(COP(=O)(O)OCCCC(=O)CN1CCN(CC(=O)[O-])CCN(CC(=O)[O-])CCN(CC(=O)[O-])CC1)OC(=O)CC.[Gd+3]. The molecule has 0 aliphatic carbocycles. The third-order valence-corrected chi connectivity index (χ3v) is 7.96. The third kappa shape index (κ3) is 24.2. The van der Waals surface area contributed by atoms with Crippen molar-refractivity contribution in [1.29, 1.82) is 0 Å². The molecule has 0 aromatic rings. The normalized spacial score (nSPS) is 17.7. The smallest absolute Gasteiger partial charge is 0.549 e. The standard InChI is InChI=1S/C28H49N4O15P.Gd/c1-3-27(40)44-20-23(47-28(41)4-2)21-46-48(42,43)45-15-5-6-22(33)16-29-7-9-30(17-24(34)35)11-13-32(19-26(38)39)14-12-31(10-8-29)18-25(36)37;/h23H,3-21H2,1-2H3,(H,34,35)(H,36,37)(H,38,39)(H,42,43);/q;+3/p-3. The summed E-state index contributed by atoms with van der Waals surface area (Å²) in [6.07, 6.45) is -1.10. The number of ketones is 1. The van der Waals surface area contributed by atoms with E-state index >= 15 is 0 Å². The Hall–Kier alpha value is -1.71. The average Bonchev–Trinajstić information content (AvgIpc) is 3.00. The fraction of sp³-hybridized carbons (Fsp3) is 0.786. The van der Waals surface area contributed by atoms with Crippen molar-refractivity contribution < 1.29 is 112 Å². The van der Waals surface area contributed by atoms with Crippen molar-refractivity contribution in [1.82, 2.24) is 19.6 Å². The van der Waals surface area contributed by atoms with E-state index in [1.807, 2.05) is 0 Å². The van der Waals surface area contributed by atoms with Gasteiger partial charge >= 0.3 is 59.7 Å². The number of carboxylic acids is 3. The molecule has 0 amide bonds. The number of phosphoric acid groups is 1. The number of carboxylic acid groups (broad SMARTS) is 3. The second-order valence-corrected chi connectivity index (χ2v) is 12.4. The Morgan fingerprint density at radius 2 is 1.08 bits per heavy atom. The van der Waals surface area contributed by atoms with Gasteiger partial charge in [0, 0.05) is 91.3 Å². The van der Waals surface area contributed by atoms with E-state index in [-0.39, 0.29) is 144 Å². The van der Waals surface area contributed by atoms with E-state index in [1.54, 1.807) is 21.6 Å². The van der Waals surface area contributed by atoms with Crippen LogP contribution >= 0.6 is 7.82 Å². The molecule has 19 nitrogen and oxygen atoms in total. The molecule has 2 atom stereocenters. The minimum absolute atomic E-state index is 0. The van der Waals surface area contributed by atoms with E-state index in [1.165, 1.54) is 11.8 Å². The molecular formula is C28H46GdN4O15P. The zero-order chi connectivity index (χ0) is 36.1. The van der Waals surface area contributed by atoms with Gasteiger partial charge in [0.1, 0.15) is 12.4 Å². The Kier molecular flexibility index (Phi) is 25.2. The summed E-state index contributed by atoms with van der Waals surface area (Å²) in [5.74, 6) is -5.49. The topological polar surface area (TPSA) is 259 Å². The third-order valence-electron chi connectivity index (χ3n) is 6.97. The maximum Gasteiger partial charge on any atom is 3.00 e. The first-order valence-corrected chi connectivity index (χ1v) is 17.1. The molecule has 1 N–H and O–H groups in total. The number of esters is 2. The first-order chi connectivity index (χ1) is 22.6. The predicted molar refractivity (Wildman–Crippen MR) is 158 cm³/mol.